The standard InChI is InChI=1S/C17H27NO2SSi/c1-6-8-16(9-7-14-22(3,4)5)18-21(19,20)17-12-10-15(2)11-13-17/h10-13,16,18H,6,8-9H2,1-5H3/t16-/m1/s1. The van der Waals surface area contributed by atoms with E-state index in [9.17, 15) is 8.42 Å². The van der Waals surface area contributed by atoms with E-state index >= 15 is 0 Å². The summed E-state index contributed by atoms with van der Waals surface area (Å²) < 4.78 is 27.7. The SMILES string of the molecule is CCC[C@H](CC#C[Si](C)(C)C)NS(=O)(=O)c1ccc(C)cc1. The van der Waals surface area contributed by atoms with Crippen LogP contribution in [0.25, 0.3) is 0 Å². The molecule has 3 nitrogen and oxygen atoms in total. The van der Waals surface area contributed by atoms with Crippen LogP contribution in [0.4, 0.5) is 0 Å². The molecule has 0 saturated carbocycles. The summed E-state index contributed by atoms with van der Waals surface area (Å²) in [5.41, 5.74) is 4.34. The first-order valence-electron chi connectivity index (χ1n) is 7.73. The third kappa shape index (κ3) is 6.78. The lowest BCUT2D eigenvalue weighted by atomic mass is 10.1. The summed E-state index contributed by atoms with van der Waals surface area (Å²) in [5, 5.41) is 0. The van der Waals surface area contributed by atoms with Crippen LogP contribution < -0.4 is 4.72 Å². The molecule has 5 heteroatoms. The number of nitrogens with one attached hydrogen (secondary N) is 1. The van der Waals surface area contributed by atoms with E-state index in [1.165, 1.54) is 0 Å². The van der Waals surface area contributed by atoms with Crippen LogP contribution in [0.15, 0.2) is 29.2 Å². The highest BCUT2D eigenvalue weighted by atomic mass is 32.2. The monoisotopic (exact) mass is 337 g/mol. The zero-order valence-corrected chi connectivity index (χ0v) is 16.0. The van der Waals surface area contributed by atoms with E-state index in [2.05, 4.69) is 42.8 Å². The van der Waals surface area contributed by atoms with Crippen molar-refractivity contribution in [1.29, 1.82) is 0 Å². The molecule has 1 N–H and O–H groups in total. The van der Waals surface area contributed by atoms with Gasteiger partial charge in [-0.25, -0.2) is 13.1 Å². The Morgan fingerprint density at radius 3 is 2.27 bits per heavy atom. The van der Waals surface area contributed by atoms with E-state index in [0.717, 1.165) is 18.4 Å². The van der Waals surface area contributed by atoms with Crippen molar-refractivity contribution in [3.8, 4) is 11.5 Å². The van der Waals surface area contributed by atoms with Gasteiger partial charge in [-0.3, -0.25) is 0 Å². The van der Waals surface area contributed by atoms with Crippen molar-refractivity contribution in [2.24, 2.45) is 0 Å². The average Bonchev–Trinajstić information content (AvgIpc) is 2.37. The van der Waals surface area contributed by atoms with Gasteiger partial charge in [0, 0.05) is 12.5 Å². The molecule has 0 bridgehead atoms. The summed E-state index contributed by atoms with van der Waals surface area (Å²) in [6.07, 6.45) is 2.30. The van der Waals surface area contributed by atoms with Gasteiger partial charge in [-0.1, -0.05) is 50.7 Å². The van der Waals surface area contributed by atoms with Crippen LogP contribution in [-0.2, 0) is 10.0 Å². The Morgan fingerprint density at radius 1 is 1.18 bits per heavy atom. The maximum absolute atomic E-state index is 12.4. The molecule has 1 aromatic carbocycles. The van der Waals surface area contributed by atoms with Crippen LogP contribution in [0.1, 0.15) is 31.7 Å². The third-order valence-corrected chi connectivity index (χ3v) is 5.57. The molecular formula is C17H27NO2SSi. The van der Waals surface area contributed by atoms with E-state index in [-0.39, 0.29) is 6.04 Å². The maximum Gasteiger partial charge on any atom is 0.240 e. The second kappa shape index (κ2) is 7.96. The predicted molar refractivity (Wildman–Crippen MR) is 95.9 cm³/mol. The van der Waals surface area contributed by atoms with Crippen LogP contribution in [0.2, 0.25) is 19.6 Å². The molecule has 0 fully saturated rings. The Labute approximate surface area is 136 Å². The van der Waals surface area contributed by atoms with Crippen molar-refractivity contribution < 1.29 is 8.42 Å². The lowest BCUT2D eigenvalue weighted by Crippen LogP contribution is -2.34. The van der Waals surface area contributed by atoms with Crippen LogP contribution in [0.5, 0.6) is 0 Å². The van der Waals surface area contributed by atoms with Crippen LogP contribution >= 0.6 is 0 Å². The minimum Gasteiger partial charge on any atom is -0.207 e. The van der Waals surface area contributed by atoms with Crippen molar-refractivity contribution in [2.45, 2.75) is 63.7 Å². The average molecular weight is 338 g/mol. The van der Waals surface area contributed by atoms with Crippen molar-refractivity contribution in [3.63, 3.8) is 0 Å². The van der Waals surface area contributed by atoms with Gasteiger partial charge in [-0.05, 0) is 25.5 Å². The third-order valence-electron chi connectivity index (χ3n) is 3.10. The largest absolute Gasteiger partial charge is 0.240 e. The molecule has 0 heterocycles. The smallest absolute Gasteiger partial charge is 0.207 e. The van der Waals surface area contributed by atoms with Gasteiger partial charge in [0.05, 0.1) is 4.90 Å². The van der Waals surface area contributed by atoms with Gasteiger partial charge in [0.15, 0.2) is 0 Å². The molecule has 0 aliphatic heterocycles. The van der Waals surface area contributed by atoms with E-state index in [4.69, 9.17) is 0 Å². The number of sulfonamides is 1. The molecule has 1 atom stereocenters. The van der Waals surface area contributed by atoms with Crippen molar-refractivity contribution >= 4 is 18.1 Å². The molecule has 22 heavy (non-hydrogen) atoms. The lowest BCUT2D eigenvalue weighted by Gasteiger charge is -2.16. The molecule has 1 rings (SSSR count). The lowest BCUT2D eigenvalue weighted by molar-refractivity contribution is 0.528. The van der Waals surface area contributed by atoms with Gasteiger partial charge in [0.2, 0.25) is 10.0 Å². The minimum absolute atomic E-state index is 0.125. The van der Waals surface area contributed by atoms with Gasteiger partial charge < -0.3 is 0 Å². The highest BCUT2D eigenvalue weighted by Gasteiger charge is 2.19. The molecule has 0 saturated heterocycles. The van der Waals surface area contributed by atoms with E-state index in [0.29, 0.717) is 11.3 Å². The Morgan fingerprint density at radius 2 is 1.77 bits per heavy atom. The Hall–Kier alpha value is -1.09. The van der Waals surface area contributed by atoms with Gasteiger partial charge in [-0.2, -0.15) is 0 Å². The summed E-state index contributed by atoms with van der Waals surface area (Å²) >= 11 is 0. The number of rotatable bonds is 6. The molecule has 0 amide bonds. The summed E-state index contributed by atoms with van der Waals surface area (Å²) in [4.78, 5) is 0.317. The Kier molecular flexibility index (Phi) is 6.85. The summed E-state index contributed by atoms with van der Waals surface area (Å²) in [7, 11) is -4.89. The molecule has 122 valence electrons. The second-order valence-corrected chi connectivity index (χ2v) is 13.1. The summed E-state index contributed by atoms with van der Waals surface area (Å²) in [6, 6.07) is 6.80. The van der Waals surface area contributed by atoms with Gasteiger partial charge >= 0.3 is 0 Å². The molecular weight excluding hydrogens is 310 g/mol. The topological polar surface area (TPSA) is 46.2 Å². The zero-order valence-electron chi connectivity index (χ0n) is 14.2. The molecule has 0 spiro atoms. The van der Waals surface area contributed by atoms with Crippen LogP contribution in [0, 0.1) is 18.4 Å². The molecule has 0 aliphatic rings. The number of hydrogen-bond donors (Lipinski definition) is 1. The maximum atomic E-state index is 12.4. The first kappa shape index (κ1) is 19.0. The molecule has 1 aromatic rings. The minimum atomic E-state index is -3.47. The van der Waals surface area contributed by atoms with Crippen molar-refractivity contribution in [2.75, 3.05) is 0 Å². The second-order valence-electron chi connectivity index (χ2n) is 6.68. The molecule has 0 aromatic heterocycles. The van der Waals surface area contributed by atoms with E-state index in [1.807, 2.05) is 19.1 Å². The Balaban J connectivity index is 2.84. The Bertz CT molecular complexity index is 634. The summed E-state index contributed by atoms with van der Waals surface area (Å²) in [5.74, 6) is 3.18. The highest BCUT2D eigenvalue weighted by molar-refractivity contribution is 7.89. The van der Waals surface area contributed by atoms with Gasteiger partial charge in [0.1, 0.15) is 8.07 Å². The first-order chi connectivity index (χ1) is 10.1. The summed E-state index contributed by atoms with van der Waals surface area (Å²) in [6.45, 7) is 10.6. The molecule has 0 unspecified atom stereocenters. The van der Waals surface area contributed by atoms with Gasteiger partial charge in [0.25, 0.3) is 0 Å². The van der Waals surface area contributed by atoms with Crippen molar-refractivity contribution in [3.05, 3.63) is 29.8 Å². The van der Waals surface area contributed by atoms with E-state index in [1.54, 1.807) is 12.1 Å². The van der Waals surface area contributed by atoms with Crippen LogP contribution in [0.3, 0.4) is 0 Å². The number of benzene rings is 1. The molecule has 0 radical (unpaired) electrons. The number of hydrogen-bond acceptors (Lipinski definition) is 2. The fourth-order valence-corrected chi connectivity index (χ4v) is 3.90. The molecule has 0 aliphatic carbocycles. The van der Waals surface area contributed by atoms with Crippen molar-refractivity contribution in [1.82, 2.24) is 4.72 Å². The normalized spacial score (nSPS) is 13.3. The fourth-order valence-electron chi connectivity index (χ4n) is 2.00. The quantitative estimate of drug-likeness (QED) is 0.635. The van der Waals surface area contributed by atoms with Crippen LogP contribution in [-0.4, -0.2) is 22.5 Å². The first-order valence-corrected chi connectivity index (χ1v) is 12.7. The predicted octanol–water partition coefficient (Wildman–Crippen LogP) is 3.71. The number of aryl methyl sites for hydroxylation is 1. The zero-order chi connectivity index (χ0) is 16.8. The highest BCUT2D eigenvalue weighted by Crippen LogP contribution is 2.13. The van der Waals surface area contributed by atoms with Gasteiger partial charge in [-0.15, -0.1) is 11.5 Å². The van der Waals surface area contributed by atoms with E-state index < -0.39 is 18.1 Å². The fraction of sp³-hybridized carbons (Fsp3) is 0.529.